The number of anilines is 1. The standard InChI is InChI=1S/C13H13FN4O3S/c1-2-9(22-12-11(20)16-13(21)18-17-12)10(19)15-8-6-4-3-5-7(8)14/h3-6,9H,2H2,1H3,(H,15,19)(H2,16,18,20,21)/t9-/m0/s1. The minimum Gasteiger partial charge on any atom is -0.323 e. The number of thioether (sulfide) groups is 1. The van der Waals surface area contributed by atoms with Crippen molar-refractivity contribution in [2.45, 2.75) is 23.6 Å². The molecule has 3 N–H and O–H groups in total. The van der Waals surface area contributed by atoms with Gasteiger partial charge in [0.1, 0.15) is 5.82 Å². The fourth-order valence-corrected chi connectivity index (χ4v) is 2.51. The number of nitrogens with zero attached hydrogens (tertiary/aromatic N) is 1. The molecule has 0 unspecified atom stereocenters. The number of H-pyrrole nitrogens is 2. The molecule has 0 fully saturated rings. The van der Waals surface area contributed by atoms with Gasteiger partial charge >= 0.3 is 5.69 Å². The number of hydrogen-bond donors (Lipinski definition) is 3. The normalized spacial score (nSPS) is 11.9. The molecule has 1 amide bonds. The first-order chi connectivity index (χ1) is 10.5. The molecule has 2 aromatic rings. The van der Waals surface area contributed by atoms with E-state index in [1.807, 2.05) is 4.98 Å². The van der Waals surface area contributed by atoms with Gasteiger partial charge in [-0.1, -0.05) is 30.8 Å². The molecular weight excluding hydrogens is 311 g/mol. The fraction of sp³-hybridized carbons (Fsp3) is 0.231. The van der Waals surface area contributed by atoms with Crippen LogP contribution < -0.4 is 16.6 Å². The molecule has 7 nitrogen and oxygen atoms in total. The van der Waals surface area contributed by atoms with E-state index < -0.39 is 28.2 Å². The zero-order valence-corrected chi connectivity index (χ0v) is 12.4. The van der Waals surface area contributed by atoms with Crippen molar-refractivity contribution in [2.24, 2.45) is 0 Å². The van der Waals surface area contributed by atoms with Crippen molar-refractivity contribution in [1.29, 1.82) is 0 Å². The van der Waals surface area contributed by atoms with E-state index in [-0.39, 0.29) is 10.7 Å². The lowest BCUT2D eigenvalue weighted by Crippen LogP contribution is -2.29. The Bertz CT molecular complexity index is 789. The Kier molecular flexibility index (Phi) is 5.10. The molecule has 1 atom stereocenters. The predicted molar refractivity (Wildman–Crippen MR) is 80.4 cm³/mol. The third-order valence-electron chi connectivity index (χ3n) is 2.73. The Morgan fingerprint density at radius 2 is 2.14 bits per heavy atom. The van der Waals surface area contributed by atoms with E-state index in [4.69, 9.17) is 0 Å². The highest BCUT2D eigenvalue weighted by molar-refractivity contribution is 8.00. The van der Waals surface area contributed by atoms with Crippen molar-refractivity contribution in [2.75, 3.05) is 5.32 Å². The average Bonchev–Trinajstić information content (AvgIpc) is 2.49. The van der Waals surface area contributed by atoms with Crippen LogP contribution in [-0.4, -0.2) is 26.3 Å². The van der Waals surface area contributed by atoms with E-state index in [0.29, 0.717) is 6.42 Å². The third-order valence-corrected chi connectivity index (χ3v) is 4.06. The molecular formula is C13H13FN4O3S. The van der Waals surface area contributed by atoms with Gasteiger partial charge in [-0.3, -0.25) is 14.6 Å². The summed E-state index contributed by atoms with van der Waals surface area (Å²) in [5.74, 6) is -0.999. The van der Waals surface area contributed by atoms with Crippen molar-refractivity contribution < 1.29 is 9.18 Å². The molecule has 0 spiro atoms. The summed E-state index contributed by atoms with van der Waals surface area (Å²) in [6.07, 6.45) is 0.394. The van der Waals surface area contributed by atoms with E-state index in [1.54, 1.807) is 13.0 Å². The molecule has 0 aliphatic heterocycles. The van der Waals surface area contributed by atoms with E-state index in [0.717, 1.165) is 11.8 Å². The van der Waals surface area contributed by atoms with Gasteiger partial charge in [-0.2, -0.15) is 5.10 Å². The molecule has 0 radical (unpaired) electrons. The molecule has 0 aliphatic carbocycles. The van der Waals surface area contributed by atoms with Gasteiger partial charge in [0.15, 0.2) is 5.03 Å². The quantitative estimate of drug-likeness (QED) is 0.714. The van der Waals surface area contributed by atoms with Crippen LogP contribution in [0, 0.1) is 5.82 Å². The van der Waals surface area contributed by atoms with Crippen molar-refractivity contribution in [3.8, 4) is 0 Å². The number of benzene rings is 1. The van der Waals surface area contributed by atoms with E-state index in [2.05, 4.69) is 15.5 Å². The van der Waals surface area contributed by atoms with Gasteiger partial charge in [0.25, 0.3) is 5.56 Å². The predicted octanol–water partition coefficient (Wildman–Crippen LogP) is 1.11. The van der Waals surface area contributed by atoms with Crippen molar-refractivity contribution in [3.63, 3.8) is 0 Å². The summed E-state index contributed by atoms with van der Waals surface area (Å²) >= 11 is 0.898. The van der Waals surface area contributed by atoms with Crippen LogP contribution in [0.4, 0.5) is 10.1 Å². The number of halogens is 1. The van der Waals surface area contributed by atoms with Crippen LogP contribution in [0.15, 0.2) is 38.9 Å². The van der Waals surface area contributed by atoms with Gasteiger partial charge in [-0.15, -0.1) is 0 Å². The summed E-state index contributed by atoms with van der Waals surface area (Å²) in [6, 6.07) is 5.79. The maximum atomic E-state index is 13.5. The molecule has 22 heavy (non-hydrogen) atoms. The SMILES string of the molecule is CC[C@H](Sc1n[nH]c(=O)[nH]c1=O)C(=O)Nc1ccccc1F. The first-order valence-corrected chi connectivity index (χ1v) is 7.30. The monoisotopic (exact) mass is 324 g/mol. The van der Waals surface area contributed by atoms with Gasteiger partial charge in [0.2, 0.25) is 5.91 Å². The van der Waals surface area contributed by atoms with Gasteiger partial charge in [0.05, 0.1) is 10.9 Å². The molecule has 1 aromatic heterocycles. The van der Waals surface area contributed by atoms with Crippen molar-refractivity contribution >= 4 is 23.4 Å². The Balaban J connectivity index is 2.14. The minimum absolute atomic E-state index is 0.0323. The van der Waals surface area contributed by atoms with Gasteiger partial charge < -0.3 is 5.32 Å². The lowest BCUT2D eigenvalue weighted by molar-refractivity contribution is -0.115. The van der Waals surface area contributed by atoms with Crippen LogP contribution in [0.5, 0.6) is 0 Å². The largest absolute Gasteiger partial charge is 0.342 e. The van der Waals surface area contributed by atoms with Gasteiger partial charge in [-0.25, -0.2) is 14.3 Å². The maximum absolute atomic E-state index is 13.5. The average molecular weight is 324 g/mol. The van der Waals surface area contributed by atoms with E-state index in [1.165, 1.54) is 18.2 Å². The molecule has 0 aliphatic rings. The highest BCUT2D eigenvalue weighted by Gasteiger charge is 2.21. The van der Waals surface area contributed by atoms with Crippen LogP contribution in [0.2, 0.25) is 0 Å². The summed E-state index contributed by atoms with van der Waals surface area (Å²) in [6.45, 7) is 1.75. The number of rotatable bonds is 5. The zero-order valence-electron chi connectivity index (χ0n) is 11.6. The third kappa shape index (κ3) is 3.82. The summed E-state index contributed by atoms with van der Waals surface area (Å²) in [5.41, 5.74) is -1.33. The van der Waals surface area contributed by atoms with Crippen molar-refractivity contribution in [3.05, 3.63) is 50.9 Å². The van der Waals surface area contributed by atoms with Gasteiger partial charge in [0, 0.05) is 0 Å². The highest BCUT2D eigenvalue weighted by atomic mass is 32.2. The number of hydrogen-bond acceptors (Lipinski definition) is 5. The second-order valence-corrected chi connectivity index (χ2v) is 5.49. The minimum atomic E-state index is -0.724. The molecule has 9 heteroatoms. The van der Waals surface area contributed by atoms with E-state index >= 15 is 0 Å². The number of aromatic amines is 2. The molecule has 1 heterocycles. The summed E-state index contributed by atoms with van der Waals surface area (Å²) in [4.78, 5) is 36.7. The van der Waals surface area contributed by atoms with Gasteiger partial charge in [-0.05, 0) is 18.6 Å². The smallest absolute Gasteiger partial charge is 0.323 e. The number of nitrogens with one attached hydrogen (secondary N) is 3. The van der Waals surface area contributed by atoms with Crippen molar-refractivity contribution in [1.82, 2.24) is 15.2 Å². The molecule has 2 rings (SSSR count). The lowest BCUT2D eigenvalue weighted by atomic mass is 10.2. The first kappa shape index (κ1) is 16.0. The molecule has 0 bridgehead atoms. The molecule has 1 aromatic carbocycles. The summed E-state index contributed by atoms with van der Waals surface area (Å²) in [7, 11) is 0. The number of carbonyl (C=O) groups excluding carboxylic acids is 1. The summed E-state index contributed by atoms with van der Waals surface area (Å²) in [5, 5.41) is 7.47. The molecule has 0 saturated carbocycles. The van der Waals surface area contributed by atoms with E-state index in [9.17, 15) is 18.8 Å². The van der Waals surface area contributed by atoms with Crippen LogP contribution in [0.3, 0.4) is 0 Å². The second-order valence-electron chi connectivity index (χ2n) is 4.30. The topological polar surface area (TPSA) is 108 Å². The van der Waals surface area contributed by atoms with Crippen LogP contribution in [0.25, 0.3) is 0 Å². The van der Waals surface area contributed by atoms with Crippen LogP contribution in [0.1, 0.15) is 13.3 Å². The maximum Gasteiger partial charge on any atom is 0.342 e. The summed E-state index contributed by atoms with van der Waals surface area (Å²) < 4.78 is 13.5. The Morgan fingerprint density at radius 1 is 1.41 bits per heavy atom. The van der Waals surface area contributed by atoms with Crippen LogP contribution >= 0.6 is 11.8 Å². The zero-order chi connectivity index (χ0) is 16.1. The number of carbonyl (C=O) groups is 1. The molecule has 116 valence electrons. The Labute approximate surface area is 128 Å². The Morgan fingerprint density at radius 3 is 2.77 bits per heavy atom. The number of amides is 1. The number of para-hydroxylation sites is 1. The number of aromatic nitrogens is 3. The second kappa shape index (κ2) is 7.03. The lowest BCUT2D eigenvalue weighted by Gasteiger charge is -2.13. The Hall–Kier alpha value is -2.42. The molecule has 0 saturated heterocycles. The van der Waals surface area contributed by atoms with Crippen LogP contribution in [-0.2, 0) is 4.79 Å². The fourth-order valence-electron chi connectivity index (χ4n) is 1.65. The first-order valence-electron chi connectivity index (χ1n) is 6.42. The highest BCUT2D eigenvalue weighted by Crippen LogP contribution is 2.22.